The van der Waals surface area contributed by atoms with Gasteiger partial charge in [-0.05, 0) is 29.8 Å². The lowest BCUT2D eigenvalue weighted by Crippen LogP contribution is -2.06. The lowest BCUT2D eigenvalue weighted by Gasteiger charge is -2.18. The molecule has 4 rings (SSSR count). The highest BCUT2D eigenvalue weighted by Crippen LogP contribution is 2.48. The van der Waals surface area contributed by atoms with Crippen molar-refractivity contribution in [2.45, 2.75) is 5.25 Å². The molecule has 0 bridgehead atoms. The minimum Gasteiger partial charge on any atom is -0.369 e. The highest BCUT2D eigenvalue weighted by Gasteiger charge is 2.30. The van der Waals surface area contributed by atoms with Crippen molar-refractivity contribution in [1.29, 1.82) is 0 Å². The Morgan fingerprint density at radius 3 is 2.59 bits per heavy atom. The van der Waals surface area contributed by atoms with E-state index in [2.05, 4.69) is 5.32 Å². The van der Waals surface area contributed by atoms with Crippen molar-refractivity contribution in [3.05, 3.63) is 67.6 Å². The van der Waals surface area contributed by atoms with Crippen molar-refractivity contribution in [2.24, 2.45) is 7.05 Å². The van der Waals surface area contributed by atoms with Gasteiger partial charge >= 0.3 is 0 Å². The molecule has 2 heterocycles. The number of hydrogen-bond donors (Lipinski definition) is 1. The van der Waals surface area contributed by atoms with Gasteiger partial charge in [0.15, 0.2) is 0 Å². The Morgan fingerprint density at radius 1 is 1.04 bits per heavy atom. The Balaban J connectivity index is 1.93. The van der Waals surface area contributed by atoms with Gasteiger partial charge in [-0.1, -0.05) is 58.5 Å². The van der Waals surface area contributed by atoms with Crippen LogP contribution in [0.3, 0.4) is 0 Å². The van der Waals surface area contributed by atoms with Gasteiger partial charge in [0.2, 0.25) is 0 Å². The van der Waals surface area contributed by atoms with Crippen LogP contribution in [-0.2, 0) is 7.05 Å². The van der Waals surface area contributed by atoms with Gasteiger partial charge in [-0.3, -0.25) is 4.68 Å². The molecule has 3 aromatic rings. The van der Waals surface area contributed by atoms with E-state index in [9.17, 15) is 0 Å². The number of rotatable bonds is 2. The van der Waals surface area contributed by atoms with Crippen molar-refractivity contribution in [3.8, 4) is 11.3 Å². The van der Waals surface area contributed by atoms with E-state index < -0.39 is 0 Å². The Hall–Kier alpha value is -1.04. The number of thioether (sulfide) groups is 1. The zero-order chi connectivity index (χ0) is 19.1. The summed E-state index contributed by atoms with van der Waals surface area (Å²) >= 11 is 26.8. The molecule has 0 amide bonds. The standard InChI is InChI=1S/C19H15Cl4N3S/c1-26-19-16(17(25-26)10-2-5-13(21)15(23)8-10)18(27-7-6-24-19)12-4-3-11(20)9-14(12)22/h2-5,8-9,18,24H,6-7H2,1H3. The molecule has 1 aliphatic rings. The number of hydrogen-bond acceptors (Lipinski definition) is 3. The van der Waals surface area contributed by atoms with Gasteiger partial charge in [0.1, 0.15) is 5.82 Å². The van der Waals surface area contributed by atoms with Crippen LogP contribution >= 0.6 is 58.2 Å². The summed E-state index contributed by atoms with van der Waals surface area (Å²) in [7, 11) is 1.93. The van der Waals surface area contributed by atoms with E-state index in [4.69, 9.17) is 51.5 Å². The number of nitrogens with zero attached hydrogens (tertiary/aromatic N) is 2. The second-order valence-corrected chi connectivity index (χ2v) is 9.08. The number of nitrogens with one attached hydrogen (secondary N) is 1. The minimum absolute atomic E-state index is 0.0259. The Morgan fingerprint density at radius 2 is 1.85 bits per heavy atom. The van der Waals surface area contributed by atoms with E-state index in [-0.39, 0.29) is 5.25 Å². The maximum Gasteiger partial charge on any atom is 0.129 e. The minimum atomic E-state index is 0.0259. The van der Waals surface area contributed by atoms with Crippen LogP contribution in [0.4, 0.5) is 5.82 Å². The molecule has 0 saturated carbocycles. The second kappa shape index (κ2) is 7.76. The lowest BCUT2D eigenvalue weighted by atomic mass is 10.00. The van der Waals surface area contributed by atoms with Gasteiger partial charge in [0.25, 0.3) is 0 Å². The molecule has 1 atom stereocenters. The van der Waals surface area contributed by atoms with Crippen LogP contribution < -0.4 is 5.32 Å². The Labute approximate surface area is 181 Å². The van der Waals surface area contributed by atoms with Gasteiger partial charge in [-0.2, -0.15) is 5.10 Å². The number of aromatic nitrogens is 2. The fourth-order valence-corrected chi connectivity index (χ4v) is 5.35. The number of anilines is 1. The predicted molar refractivity (Wildman–Crippen MR) is 118 cm³/mol. The monoisotopic (exact) mass is 457 g/mol. The zero-order valence-corrected chi connectivity index (χ0v) is 18.1. The van der Waals surface area contributed by atoms with Crippen LogP contribution in [0.1, 0.15) is 16.4 Å². The number of aryl methyl sites for hydroxylation is 1. The molecule has 1 N–H and O–H groups in total. The fraction of sp³-hybridized carbons (Fsp3) is 0.211. The van der Waals surface area contributed by atoms with Gasteiger partial charge < -0.3 is 5.32 Å². The van der Waals surface area contributed by atoms with Crippen LogP contribution in [0.5, 0.6) is 0 Å². The summed E-state index contributed by atoms with van der Waals surface area (Å²) in [6.07, 6.45) is 0. The van der Waals surface area contributed by atoms with Crippen molar-refractivity contribution >= 4 is 64.0 Å². The quantitative estimate of drug-likeness (QED) is 0.450. The predicted octanol–water partition coefficient (Wildman–Crippen LogP) is 6.95. The molecule has 0 spiro atoms. The summed E-state index contributed by atoms with van der Waals surface area (Å²) in [5.41, 5.74) is 3.89. The largest absolute Gasteiger partial charge is 0.369 e. The molecule has 0 fully saturated rings. The highest BCUT2D eigenvalue weighted by atomic mass is 35.5. The molecule has 3 nitrogen and oxygen atoms in total. The number of benzene rings is 2. The summed E-state index contributed by atoms with van der Waals surface area (Å²) in [6.45, 7) is 0.847. The van der Waals surface area contributed by atoms with Crippen molar-refractivity contribution in [1.82, 2.24) is 9.78 Å². The molecule has 27 heavy (non-hydrogen) atoms. The zero-order valence-electron chi connectivity index (χ0n) is 14.3. The van der Waals surface area contributed by atoms with E-state index in [0.717, 1.165) is 40.5 Å². The molecule has 140 valence electrons. The molecule has 0 saturated heterocycles. The van der Waals surface area contributed by atoms with Crippen LogP contribution in [0.2, 0.25) is 20.1 Å². The molecule has 0 radical (unpaired) electrons. The Bertz CT molecular complexity index is 1020. The van der Waals surface area contributed by atoms with Crippen LogP contribution in [0, 0.1) is 0 Å². The number of fused-ring (bicyclic) bond motifs is 1. The first-order valence-electron chi connectivity index (χ1n) is 8.28. The van der Waals surface area contributed by atoms with E-state index in [0.29, 0.717) is 20.1 Å². The van der Waals surface area contributed by atoms with Gasteiger partial charge in [0.05, 0.1) is 21.0 Å². The summed E-state index contributed by atoms with van der Waals surface area (Å²) in [5.74, 6) is 1.93. The van der Waals surface area contributed by atoms with Gasteiger partial charge in [-0.25, -0.2) is 0 Å². The van der Waals surface area contributed by atoms with E-state index in [1.54, 1.807) is 12.1 Å². The SMILES string of the molecule is Cn1nc(-c2ccc(Cl)c(Cl)c2)c2c1NCCSC2c1ccc(Cl)cc1Cl. The Kier molecular flexibility index (Phi) is 5.55. The highest BCUT2D eigenvalue weighted by molar-refractivity contribution is 7.99. The summed E-state index contributed by atoms with van der Waals surface area (Å²) < 4.78 is 1.87. The molecule has 0 aliphatic carbocycles. The molecule has 1 aromatic heterocycles. The summed E-state index contributed by atoms with van der Waals surface area (Å²) in [6, 6.07) is 11.2. The van der Waals surface area contributed by atoms with Crippen molar-refractivity contribution < 1.29 is 0 Å². The van der Waals surface area contributed by atoms with Crippen LogP contribution in [-0.4, -0.2) is 22.1 Å². The molecule has 8 heteroatoms. The van der Waals surface area contributed by atoms with Crippen LogP contribution in [0.25, 0.3) is 11.3 Å². The van der Waals surface area contributed by atoms with Gasteiger partial charge in [0, 0.05) is 40.5 Å². The van der Waals surface area contributed by atoms with E-state index in [1.165, 1.54) is 0 Å². The number of halogens is 4. The maximum absolute atomic E-state index is 6.55. The summed E-state index contributed by atoms with van der Waals surface area (Å²) in [5, 5.41) is 10.6. The molecular weight excluding hydrogens is 444 g/mol. The topological polar surface area (TPSA) is 29.9 Å². The third-order valence-electron chi connectivity index (χ3n) is 4.46. The molecule has 1 aliphatic heterocycles. The smallest absolute Gasteiger partial charge is 0.129 e. The fourth-order valence-electron chi connectivity index (χ4n) is 3.24. The summed E-state index contributed by atoms with van der Waals surface area (Å²) in [4.78, 5) is 0. The molecule has 1 unspecified atom stereocenters. The maximum atomic E-state index is 6.55. The van der Waals surface area contributed by atoms with Crippen molar-refractivity contribution in [3.63, 3.8) is 0 Å². The third-order valence-corrected chi connectivity index (χ3v) is 7.03. The van der Waals surface area contributed by atoms with Gasteiger partial charge in [-0.15, -0.1) is 11.8 Å². The average Bonchev–Trinajstić information content (AvgIpc) is 2.81. The lowest BCUT2D eigenvalue weighted by molar-refractivity contribution is 0.774. The average molecular weight is 459 g/mol. The molecule has 2 aromatic carbocycles. The molecular formula is C19H15Cl4N3S. The van der Waals surface area contributed by atoms with Crippen molar-refractivity contribution in [2.75, 3.05) is 17.6 Å². The third kappa shape index (κ3) is 3.66. The first kappa shape index (κ1) is 19.3. The second-order valence-electron chi connectivity index (χ2n) is 6.21. The van der Waals surface area contributed by atoms with E-state index in [1.807, 2.05) is 47.8 Å². The first-order valence-corrected chi connectivity index (χ1v) is 10.8. The first-order chi connectivity index (χ1) is 13.0. The van der Waals surface area contributed by atoms with E-state index >= 15 is 0 Å². The van der Waals surface area contributed by atoms with Crippen LogP contribution in [0.15, 0.2) is 36.4 Å². The normalized spacial score (nSPS) is 16.6.